The van der Waals surface area contributed by atoms with Crippen LogP contribution >= 0.6 is 22.7 Å². The first-order valence-corrected chi connectivity index (χ1v) is 5.60. The van der Waals surface area contributed by atoms with Crippen molar-refractivity contribution in [2.75, 3.05) is 0 Å². The minimum Gasteiger partial charge on any atom is -0.297 e. The fraction of sp³-hybridized carbons (Fsp3) is 0. The summed E-state index contributed by atoms with van der Waals surface area (Å²) in [6.45, 7) is 0. The Morgan fingerprint density at radius 1 is 1.21 bits per heavy atom. The summed E-state index contributed by atoms with van der Waals surface area (Å²) in [6, 6.07) is 4.80. The van der Waals surface area contributed by atoms with Gasteiger partial charge in [0.25, 0.3) is 0 Å². The van der Waals surface area contributed by atoms with E-state index in [9.17, 15) is 9.59 Å². The van der Waals surface area contributed by atoms with Gasteiger partial charge in [0, 0.05) is 17.2 Å². The van der Waals surface area contributed by atoms with Gasteiger partial charge in [-0.3, -0.25) is 9.59 Å². The second kappa shape index (κ2) is 3.86. The molecule has 2 aromatic heterocycles. The monoisotopic (exact) mass is 221 g/mol. The number of hydrogen-bond donors (Lipinski definition) is 0. The van der Waals surface area contributed by atoms with Gasteiger partial charge in [0.15, 0.2) is 12.6 Å². The Morgan fingerprint density at radius 3 is 2.71 bits per heavy atom. The Balaban J connectivity index is 2.48. The van der Waals surface area contributed by atoms with Crippen LogP contribution in [0.5, 0.6) is 0 Å². The molecule has 4 heteroatoms. The Morgan fingerprint density at radius 2 is 2.07 bits per heavy atom. The number of hydrogen-bond acceptors (Lipinski definition) is 4. The van der Waals surface area contributed by atoms with Crippen LogP contribution in [0.25, 0.3) is 11.1 Å². The zero-order chi connectivity index (χ0) is 9.97. The normalized spacial score (nSPS) is 10.0. The molecule has 0 spiro atoms. The molecule has 0 bridgehead atoms. The molecule has 0 aliphatic carbocycles. The Bertz CT molecular complexity index is 468. The molecule has 2 rings (SSSR count). The maximum Gasteiger partial charge on any atom is 0.160 e. The molecule has 0 atom stereocenters. The van der Waals surface area contributed by atoms with Crippen LogP contribution in [0.2, 0.25) is 0 Å². The summed E-state index contributed by atoms with van der Waals surface area (Å²) in [5, 5.41) is 3.68. The van der Waals surface area contributed by atoms with Gasteiger partial charge >= 0.3 is 0 Å². The largest absolute Gasteiger partial charge is 0.297 e. The summed E-state index contributed by atoms with van der Waals surface area (Å²) in [5.41, 5.74) is 1.68. The first kappa shape index (κ1) is 9.30. The van der Waals surface area contributed by atoms with Gasteiger partial charge in [0.1, 0.15) is 0 Å². The van der Waals surface area contributed by atoms with Gasteiger partial charge in [0.05, 0.1) is 9.75 Å². The molecule has 0 amide bonds. The molecule has 0 saturated heterocycles. The van der Waals surface area contributed by atoms with Crippen LogP contribution in [0.1, 0.15) is 19.3 Å². The molecular formula is C10H5O2S2. The third-order valence-corrected chi connectivity index (χ3v) is 3.41. The molecule has 0 fully saturated rings. The molecule has 0 aliphatic heterocycles. The van der Waals surface area contributed by atoms with Crippen molar-refractivity contribution in [2.24, 2.45) is 0 Å². The van der Waals surface area contributed by atoms with Crippen molar-refractivity contribution in [3.05, 3.63) is 32.6 Å². The van der Waals surface area contributed by atoms with Crippen LogP contribution in [0.15, 0.2) is 16.8 Å². The molecular weight excluding hydrogens is 216 g/mol. The van der Waals surface area contributed by atoms with Crippen molar-refractivity contribution in [2.45, 2.75) is 0 Å². The summed E-state index contributed by atoms with van der Waals surface area (Å²) < 4.78 is 0. The molecule has 0 aromatic carbocycles. The summed E-state index contributed by atoms with van der Waals surface area (Å²) in [4.78, 5) is 22.4. The third-order valence-electron chi connectivity index (χ3n) is 1.76. The zero-order valence-corrected chi connectivity index (χ0v) is 8.65. The zero-order valence-electron chi connectivity index (χ0n) is 7.02. The van der Waals surface area contributed by atoms with Crippen molar-refractivity contribution in [1.82, 2.24) is 0 Å². The van der Waals surface area contributed by atoms with Gasteiger partial charge in [-0.05, 0) is 16.8 Å². The van der Waals surface area contributed by atoms with Crippen LogP contribution in [0.3, 0.4) is 0 Å². The lowest BCUT2D eigenvalue weighted by molar-refractivity contribution is 0.111. The molecule has 0 saturated carbocycles. The number of carbonyl (C=O) groups excluding carboxylic acids is 2. The minimum absolute atomic E-state index is 0.558. The van der Waals surface area contributed by atoms with E-state index >= 15 is 0 Å². The SMILES string of the molecule is O=Cc1[c]c(-c2ccsc2C=O)cs1. The van der Waals surface area contributed by atoms with E-state index in [1.54, 1.807) is 0 Å². The minimum atomic E-state index is 0.558. The fourth-order valence-corrected chi connectivity index (χ4v) is 2.50. The topological polar surface area (TPSA) is 34.1 Å². The van der Waals surface area contributed by atoms with Crippen molar-refractivity contribution in [3.63, 3.8) is 0 Å². The van der Waals surface area contributed by atoms with E-state index in [-0.39, 0.29) is 0 Å². The van der Waals surface area contributed by atoms with Gasteiger partial charge < -0.3 is 0 Å². The molecule has 14 heavy (non-hydrogen) atoms. The lowest BCUT2D eigenvalue weighted by Crippen LogP contribution is -1.77. The van der Waals surface area contributed by atoms with Gasteiger partial charge in [-0.1, -0.05) is 0 Å². The first-order chi connectivity index (χ1) is 6.85. The molecule has 1 radical (unpaired) electrons. The predicted molar refractivity (Wildman–Crippen MR) is 57.2 cm³/mol. The average molecular weight is 221 g/mol. The van der Waals surface area contributed by atoms with Crippen LogP contribution in [0.4, 0.5) is 0 Å². The summed E-state index contributed by atoms with van der Waals surface area (Å²) >= 11 is 2.72. The summed E-state index contributed by atoms with van der Waals surface area (Å²) in [7, 11) is 0. The summed E-state index contributed by atoms with van der Waals surface area (Å²) in [6.07, 6.45) is 1.59. The number of rotatable bonds is 3. The van der Waals surface area contributed by atoms with Crippen LogP contribution in [-0.4, -0.2) is 12.6 Å². The third kappa shape index (κ3) is 1.54. The van der Waals surface area contributed by atoms with Crippen molar-refractivity contribution in [1.29, 1.82) is 0 Å². The van der Waals surface area contributed by atoms with E-state index in [0.717, 1.165) is 23.7 Å². The van der Waals surface area contributed by atoms with E-state index in [1.165, 1.54) is 22.7 Å². The van der Waals surface area contributed by atoms with E-state index in [1.807, 2.05) is 16.8 Å². The van der Waals surface area contributed by atoms with E-state index in [2.05, 4.69) is 6.07 Å². The first-order valence-electron chi connectivity index (χ1n) is 3.84. The number of thiophene rings is 2. The predicted octanol–water partition coefficient (Wildman–Crippen LogP) is 2.90. The van der Waals surface area contributed by atoms with Crippen LogP contribution < -0.4 is 0 Å². The Hall–Kier alpha value is -1.26. The molecule has 2 heterocycles. The van der Waals surface area contributed by atoms with E-state index < -0.39 is 0 Å². The second-order valence-electron chi connectivity index (χ2n) is 2.57. The Kier molecular flexibility index (Phi) is 2.56. The second-order valence-corrected chi connectivity index (χ2v) is 4.43. The van der Waals surface area contributed by atoms with Gasteiger partial charge in [0.2, 0.25) is 0 Å². The Labute approximate surface area is 88.8 Å². The highest BCUT2D eigenvalue weighted by atomic mass is 32.1. The summed E-state index contributed by atoms with van der Waals surface area (Å²) in [5.74, 6) is 0. The highest BCUT2D eigenvalue weighted by Crippen LogP contribution is 2.29. The standard InChI is InChI=1S/C10H5O2S2/c11-4-8-3-7(6-14-8)9-1-2-13-10(9)5-12/h1-2,4-6H. The maximum absolute atomic E-state index is 10.7. The van der Waals surface area contributed by atoms with Gasteiger partial charge in [-0.15, -0.1) is 22.7 Å². The van der Waals surface area contributed by atoms with Gasteiger partial charge in [-0.25, -0.2) is 0 Å². The maximum atomic E-state index is 10.7. The highest BCUT2D eigenvalue weighted by Gasteiger charge is 2.08. The van der Waals surface area contributed by atoms with E-state index in [4.69, 9.17) is 0 Å². The lowest BCUT2D eigenvalue weighted by Gasteiger charge is -1.91. The molecule has 0 unspecified atom stereocenters. The van der Waals surface area contributed by atoms with Gasteiger partial charge in [-0.2, -0.15) is 0 Å². The van der Waals surface area contributed by atoms with Crippen LogP contribution in [0, 0.1) is 6.07 Å². The number of carbonyl (C=O) groups is 2. The van der Waals surface area contributed by atoms with Crippen LogP contribution in [-0.2, 0) is 0 Å². The highest BCUT2D eigenvalue weighted by molar-refractivity contribution is 7.13. The quantitative estimate of drug-likeness (QED) is 0.747. The molecule has 0 aliphatic rings. The molecule has 2 nitrogen and oxygen atoms in total. The molecule has 69 valence electrons. The van der Waals surface area contributed by atoms with Crippen molar-refractivity contribution >= 4 is 35.2 Å². The fourth-order valence-electron chi connectivity index (χ4n) is 1.14. The molecule has 2 aromatic rings. The van der Waals surface area contributed by atoms with Crippen molar-refractivity contribution < 1.29 is 9.59 Å². The number of aldehydes is 2. The smallest absolute Gasteiger partial charge is 0.160 e. The van der Waals surface area contributed by atoms with Crippen molar-refractivity contribution in [3.8, 4) is 11.1 Å². The average Bonchev–Trinajstić information content (AvgIpc) is 2.85. The molecule has 0 N–H and O–H groups in total. The van der Waals surface area contributed by atoms with E-state index in [0.29, 0.717) is 9.75 Å². The lowest BCUT2D eigenvalue weighted by atomic mass is 10.1.